The lowest BCUT2D eigenvalue weighted by Gasteiger charge is -2.24. The molecule has 0 aliphatic carbocycles. The predicted molar refractivity (Wildman–Crippen MR) is 148 cm³/mol. The van der Waals surface area contributed by atoms with Crippen molar-refractivity contribution >= 4 is 51.1 Å². The molecule has 198 valence electrons. The van der Waals surface area contributed by atoms with Crippen LogP contribution in [0.2, 0.25) is 10.0 Å². The summed E-state index contributed by atoms with van der Waals surface area (Å²) < 4.78 is 14.5. The van der Waals surface area contributed by atoms with Crippen molar-refractivity contribution in [3.63, 3.8) is 0 Å². The topological polar surface area (TPSA) is 79.5 Å². The Morgan fingerprint density at radius 1 is 1.00 bits per heavy atom. The molecule has 0 aliphatic rings. The molecule has 0 fully saturated rings. The zero-order chi connectivity index (χ0) is 27.4. The first-order valence-corrected chi connectivity index (χ1v) is 13.4. The Bertz CT molecular complexity index is 1340. The van der Waals surface area contributed by atoms with Crippen LogP contribution in [0.1, 0.15) is 77.2 Å². The van der Waals surface area contributed by atoms with E-state index in [0.29, 0.717) is 21.7 Å². The standard InChI is InChI=1S/C27H29BrCl2N2O5/c1-6-36-26(34)21-22(27(35)37-7-2)24(28)32(15(3)4)23(21)19(17-8-10-18(29)11-9-17)12-16-13-20(30)25(33)31(5)14-16/h8-11,13-15,19H,6-7,12H2,1-5H3. The lowest BCUT2D eigenvalue weighted by Crippen LogP contribution is -2.21. The minimum atomic E-state index is -0.627. The third-order valence-corrected chi connectivity index (χ3v) is 7.20. The van der Waals surface area contributed by atoms with Crippen molar-refractivity contribution in [3.05, 3.63) is 89.5 Å². The van der Waals surface area contributed by atoms with E-state index in [9.17, 15) is 14.4 Å². The zero-order valence-corrected chi connectivity index (χ0v) is 24.4. The molecule has 0 saturated heterocycles. The van der Waals surface area contributed by atoms with Gasteiger partial charge in [0.05, 0.1) is 18.8 Å². The number of carbonyl (C=O) groups is 2. The van der Waals surface area contributed by atoms with Crippen LogP contribution in [0.5, 0.6) is 0 Å². The van der Waals surface area contributed by atoms with Gasteiger partial charge in [0.15, 0.2) is 0 Å². The molecule has 0 radical (unpaired) electrons. The number of hydrogen-bond donors (Lipinski definition) is 0. The number of nitrogens with zero attached hydrogens (tertiary/aromatic N) is 2. The maximum absolute atomic E-state index is 13.4. The van der Waals surface area contributed by atoms with Crippen LogP contribution in [0, 0.1) is 0 Å². The highest BCUT2D eigenvalue weighted by molar-refractivity contribution is 9.10. The van der Waals surface area contributed by atoms with Gasteiger partial charge in [-0.15, -0.1) is 0 Å². The number of rotatable bonds is 9. The van der Waals surface area contributed by atoms with E-state index in [2.05, 4.69) is 15.9 Å². The van der Waals surface area contributed by atoms with Crippen LogP contribution in [0.15, 0.2) is 45.9 Å². The van der Waals surface area contributed by atoms with Crippen molar-refractivity contribution in [1.82, 2.24) is 9.13 Å². The molecule has 0 spiro atoms. The minimum Gasteiger partial charge on any atom is -0.462 e. The van der Waals surface area contributed by atoms with Gasteiger partial charge in [0.2, 0.25) is 0 Å². The van der Waals surface area contributed by atoms with Crippen molar-refractivity contribution in [2.24, 2.45) is 7.05 Å². The van der Waals surface area contributed by atoms with E-state index >= 15 is 0 Å². The first kappa shape index (κ1) is 29.0. The fraction of sp³-hybridized carbons (Fsp3) is 0.370. The number of esters is 2. The Morgan fingerprint density at radius 2 is 1.57 bits per heavy atom. The monoisotopic (exact) mass is 610 g/mol. The van der Waals surface area contributed by atoms with E-state index in [1.54, 1.807) is 45.3 Å². The summed E-state index contributed by atoms with van der Waals surface area (Å²) in [5.41, 5.74) is 2.14. The second-order valence-electron chi connectivity index (χ2n) is 8.75. The second kappa shape index (κ2) is 12.3. The van der Waals surface area contributed by atoms with Crippen LogP contribution >= 0.6 is 39.1 Å². The molecule has 0 N–H and O–H groups in total. The number of ether oxygens (including phenoxy) is 2. The summed E-state index contributed by atoms with van der Waals surface area (Å²) in [6.07, 6.45) is 2.08. The highest BCUT2D eigenvalue weighted by atomic mass is 79.9. The summed E-state index contributed by atoms with van der Waals surface area (Å²) in [6, 6.07) is 8.78. The molecule has 0 bridgehead atoms. The van der Waals surface area contributed by atoms with Crippen LogP contribution in [-0.2, 0) is 22.9 Å². The molecule has 3 rings (SSSR count). The largest absolute Gasteiger partial charge is 0.462 e. The SMILES string of the molecule is CCOC(=O)c1c(C(=O)OCC)c(C(Cc2cc(Cl)c(=O)n(C)c2)c2ccc(Cl)cc2)n(C(C)C)c1Br. The third-order valence-electron chi connectivity index (χ3n) is 5.90. The second-order valence-corrected chi connectivity index (χ2v) is 10.3. The molecule has 2 heterocycles. The van der Waals surface area contributed by atoms with Gasteiger partial charge in [-0.25, -0.2) is 9.59 Å². The molecule has 37 heavy (non-hydrogen) atoms. The fourth-order valence-electron chi connectivity index (χ4n) is 4.38. The highest BCUT2D eigenvalue weighted by Crippen LogP contribution is 2.41. The maximum Gasteiger partial charge on any atom is 0.341 e. The predicted octanol–water partition coefficient (Wildman–Crippen LogP) is 6.57. The maximum atomic E-state index is 13.4. The quantitative estimate of drug-likeness (QED) is 0.256. The van der Waals surface area contributed by atoms with Crippen LogP contribution in [0.3, 0.4) is 0 Å². The van der Waals surface area contributed by atoms with Gasteiger partial charge in [0.25, 0.3) is 5.56 Å². The van der Waals surface area contributed by atoms with E-state index in [1.807, 2.05) is 30.5 Å². The number of carbonyl (C=O) groups excluding carboxylic acids is 2. The van der Waals surface area contributed by atoms with Crippen LogP contribution in [0.25, 0.3) is 0 Å². The van der Waals surface area contributed by atoms with Crippen molar-refractivity contribution < 1.29 is 19.1 Å². The van der Waals surface area contributed by atoms with Gasteiger partial charge in [0, 0.05) is 35.9 Å². The highest BCUT2D eigenvalue weighted by Gasteiger charge is 2.36. The Balaban J connectivity index is 2.40. The van der Waals surface area contributed by atoms with Crippen LogP contribution < -0.4 is 5.56 Å². The van der Waals surface area contributed by atoms with Crippen LogP contribution in [0.4, 0.5) is 0 Å². The van der Waals surface area contributed by atoms with Crippen LogP contribution in [-0.4, -0.2) is 34.3 Å². The van der Waals surface area contributed by atoms with E-state index in [4.69, 9.17) is 32.7 Å². The lowest BCUT2D eigenvalue weighted by atomic mass is 9.87. The Morgan fingerprint density at radius 3 is 2.08 bits per heavy atom. The van der Waals surface area contributed by atoms with E-state index in [1.165, 1.54) is 4.57 Å². The number of halogens is 3. The van der Waals surface area contributed by atoms with Gasteiger partial charge in [-0.05, 0) is 79.4 Å². The van der Waals surface area contributed by atoms with Gasteiger partial charge in [0.1, 0.15) is 15.2 Å². The number of benzene rings is 1. The summed E-state index contributed by atoms with van der Waals surface area (Å²) in [5, 5.41) is 0.652. The molecular formula is C27H29BrCl2N2O5. The molecule has 7 nitrogen and oxygen atoms in total. The number of pyridine rings is 1. The van der Waals surface area contributed by atoms with Gasteiger partial charge < -0.3 is 18.6 Å². The molecule has 1 atom stereocenters. The summed E-state index contributed by atoms with van der Waals surface area (Å²) in [4.78, 5) is 38.8. The molecule has 1 aromatic carbocycles. The Kier molecular flexibility index (Phi) is 9.67. The summed E-state index contributed by atoms with van der Waals surface area (Å²) in [5.74, 6) is -1.69. The van der Waals surface area contributed by atoms with Crippen molar-refractivity contribution in [1.29, 1.82) is 0 Å². The Labute approximate surface area is 234 Å². The molecular weight excluding hydrogens is 583 g/mol. The number of aromatic nitrogens is 2. The first-order valence-electron chi connectivity index (χ1n) is 11.9. The molecule has 2 aromatic heterocycles. The van der Waals surface area contributed by atoms with Crippen molar-refractivity contribution in [2.45, 2.75) is 46.1 Å². The number of hydrogen-bond acceptors (Lipinski definition) is 5. The molecule has 1 unspecified atom stereocenters. The smallest absolute Gasteiger partial charge is 0.341 e. The molecule has 0 saturated carbocycles. The van der Waals surface area contributed by atoms with E-state index < -0.39 is 17.9 Å². The van der Waals surface area contributed by atoms with E-state index in [-0.39, 0.29) is 41.0 Å². The molecule has 10 heteroatoms. The molecule has 0 aliphatic heterocycles. The van der Waals surface area contributed by atoms with Gasteiger partial charge in [-0.1, -0.05) is 35.3 Å². The average molecular weight is 612 g/mol. The van der Waals surface area contributed by atoms with Gasteiger partial charge in [-0.3, -0.25) is 4.79 Å². The van der Waals surface area contributed by atoms with Crippen molar-refractivity contribution in [2.75, 3.05) is 13.2 Å². The summed E-state index contributed by atoms with van der Waals surface area (Å²) in [7, 11) is 1.63. The normalized spacial score (nSPS) is 12.0. The fourth-order valence-corrected chi connectivity index (χ4v) is 5.74. The van der Waals surface area contributed by atoms with Gasteiger partial charge in [-0.2, -0.15) is 0 Å². The third kappa shape index (κ3) is 6.13. The minimum absolute atomic E-state index is 0.0908. The average Bonchev–Trinajstić information content (AvgIpc) is 3.15. The Hall–Kier alpha value is -2.55. The lowest BCUT2D eigenvalue weighted by molar-refractivity contribution is 0.0478. The molecule has 3 aromatic rings. The van der Waals surface area contributed by atoms with Crippen molar-refractivity contribution in [3.8, 4) is 0 Å². The summed E-state index contributed by atoms with van der Waals surface area (Å²) in [6.45, 7) is 7.61. The first-order chi connectivity index (χ1) is 17.5. The number of aryl methyl sites for hydroxylation is 1. The zero-order valence-electron chi connectivity index (χ0n) is 21.3. The molecule has 0 amide bonds. The van der Waals surface area contributed by atoms with E-state index in [0.717, 1.165) is 11.1 Å². The van der Waals surface area contributed by atoms with Gasteiger partial charge >= 0.3 is 11.9 Å². The summed E-state index contributed by atoms with van der Waals surface area (Å²) >= 11 is 16.0.